The molecule has 0 aliphatic carbocycles. The Bertz CT molecular complexity index is 3210. The monoisotopic (exact) mass is 1260 g/mol. The van der Waals surface area contributed by atoms with Crippen molar-refractivity contribution in [2.45, 2.75) is 225 Å². The highest BCUT2D eigenvalue weighted by Crippen LogP contribution is 2.19. The topological polar surface area (TPSA) is 190 Å². The molecule has 0 atom stereocenters. The molecule has 92 heavy (non-hydrogen) atoms. The van der Waals surface area contributed by atoms with Crippen LogP contribution in [0.4, 0.5) is 0 Å². The molecule has 0 aliphatic rings. The van der Waals surface area contributed by atoms with Gasteiger partial charge in [-0.2, -0.15) is 25.5 Å². The lowest BCUT2D eigenvalue weighted by molar-refractivity contribution is 0.665. The quantitative estimate of drug-likeness (QED) is 0.133. The van der Waals surface area contributed by atoms with E-state index in [1.807, 2.05) is 172 Å². The molecule has 10 rings (SSSR count). The third kappa shape index (κ3) is 31.8. The van der Waals surface area contributed by atoms with Gasteiger partial charge in [0.2, 0.25) is 0 Å². The van der Waals surface area contributed by atoms with Crippen LogP contribution in [0.2, 0.25) is 0 Å². The van der Waals surface area contributed by atoms with E-state index >= 15 is 0 Å². The maximum Gasteiger partial charge on any atom is 0.105 e. The van der Waals surface area contributed by atoms with E-state index in [0.717, 1.165) is 23.0 Å². The fourth-order valence-electron chi connectivity index (χ4n) is 8.81. The van der Waals surface area contributed by atoms with Crippen molar-refractivity contribution in [1.29, 1.82) is 0 Å². The van der Waals surface area contributed by atoms with Gasteiger partial charge in [-0.1, -0.05) is 145 Å². The second-order valence-electron chi connectivity index (χ2n) is 26.3. The number of H-pyrrole nitrogens is 2. The minimum Gasteiger partial charge on any atom is -0.346 e. The van der Waals surface area contributed by atoms with Crippen LogP contribution in [-0.2, 0) is 42.3 Å². The Hall–Kier alpha value is -8.02. The molecule has 0 bridgehead atoms. The summed E-state index contributed by atoms with van der Waals surface area (Å²) in [4.78, 5) is 23.4. The van der Waals surface area contributed by atoms with Crippen LogP contribution in [0.15, 0.2) is 123 Å². The van der Waals surface area contributed by atoms with E-state index in [9.17, 15) is 0 Å². The number of pyridine rings is 2. The molecule has 0 radical (unpaired) electrons. The summed E-state index contributed by atoms with van der Waals surface area (Å²) >= 11 is 0. The number of aromatic nitrogens is 18. The Kier molecular flexibility index (Phi) is 38.3. The second-order valence-corrected chi connectivity index (χ2v) is 26.3. The number of nitrogens with one attached hydrogen (secondary N) is 2. The van der Waals surface area contributed by atoms with Crippen molar-refractivity contribution in [3.8, 4) is 0 Å². The normalized spacial score (nSPS) is 10.6. The molecule has 10 heterocycles. The summed E-state index contributed by atoms with van der Waals surface area (Å²) in [6.07, 6.45) is 24.6. The molecular formula is C74H122N18. The van der Waals surface area contributed by atoms with Crippen molar-refractivity contribution in [3.63, 3.8) is 0 Å². The van der Waals surface area contributed by atoms with Crippen molar-refractivity contribution in [3.05, 3.63) is 203 Å². The second kappa shape index (κ2) is 42.9. The number of hydrogen-bond acceptors (Lipinski definition) is 10. The molecule has 0 aliphatic heterocycles. The van der Waals surface area contributed by atoms with Gasteiger partial charge in [0.1, 0.15) is 11.6 Å². The first kappa shape index (κ1) is 82.0. The van der Waals surface area contributed by atoms with E-state index in [1.54, 1.807) is 12.4 Å². The minimum absolute atomic E-state index is 0.561. The van der Waals surface area contributed by atoms with Crippen molar-refractivity contribution in [2.75, 3.05) is 0 Å². The Labute approximate surface area is 556 Å². The van der Waals surface area contributed by atoms with Gasteiger partial charge in [-0.25, -0.2) is 15.0 Å². The van der Waals surface area contributed by atoms with Crippen LogP contribution in [-0.4, -0.2) is 88.4 Å². The molecule has 0 saturated heterocycles. The van der Waals surface area contributed by atoms with Crippen LogP contribution in [0.1, 0.15) is 277 Å². The zero-order valence-corrected chi connectivity index (χ0v) is 62.5. The fraction of sp³-hybridized carbons (Fsp3) is 0.541. The van der Waals surface area contributed by atoms with Crippen LogP contribution < -0.4 is 0 Å². The van der Waals surface area contributed by atoms with Gasteiger partial charge in [0, 0.05) is 145 Å². The van der Waals surface area contributed by atoms with E-state index < -0.39 is 0 Å². The average molecular weight is 1260 g/mol. The Morgan fingerprint density at radius 2 is 0.989 bits per heavy atom. The molecule has 0 amide bonds. The minimum atomic E-state index is 0.561. The van der Waals surface area contributed by atoms with Crippen molar-refractivity contribution in [1.82, 2.24) is 88.4 Å². The van der Waals surface area contributed by atoms with Crippen LogP contribution in [0, 0.1) is 27.7 Å². The molecule has 2 N–H and O–H groups in total. The summed E-state index contributed by atoms with van der Waals surface area (Å²) in [5.74, 6) is 7.93. The molecule has 10 aromatic heterocycles. The van der Waals surface area contributed by atoms with Crippen LogP contribution in [0.5, 0.6) is 0 Å². The molecular weight excluding hydrogens is 1140 g/mol. The number of aromatic amines is 2. The van der Waals surface area contributed by atoms with Gasteiger partial charge in [0.25, 0.3) is 0 Å². The summed E-state index contributed by atoms with van der Waals surface area (Å²) in [6, 6.07) is 14.3. The highest BCUT2D eigenvalue weighted by Gasteiger charge is 2.08. The van der Waals surface area contributed by atoms with Crippen LogP contribution in [0.3, 0.4) is 0 Å². The summed E-state index contributed by atoms with van der Waals surface area (Å²) in [5, 5.41) is 23.3. The maximum absolute atomic E-state index is 4.25. The molecule has 508 valence electrons. The molecule has 0 aromatic carbocycles. The fourth-order valence-corrected chi connectivity index (χ4v) is 8.81. The molecule has 10 aromatic rings. The van der Waals surface area contributed by atoms with E-state index in [1.165, 1.54) is 56.4 Å². The van der Waals surface area contributed by atoms with Gasteiger partial charge < -0.3 is 14.1 Å². The van der Waals surface area contributed by atoms with Gasteiger partial charge in [0.05, 0.1) is 23.9 Å². The summed E-state index contributed by atoms with van der Waals surface area (Å²) < 4.78 is 11.7. The lowest BCUT2D eigenvalue weighted by Gasteiger charge is -2.05. The lowest BCUT2D eigenvalue weighted by Crippen LogP contribution is -1.99. The standard InChI is InChI=1S/3C8H14N2.2C8H11N.4C7H12N2.C6H10N2/c1-6(2)8-5-9-7(3)10(8)4;1-6(2)8-5-10(4)9-7(8)3;1-6(2)8-5-7(3)9-10(8)4;1-7(2)8-3-5-9-6-4-8;1-7(2)8-4-3-5-9-6-8;1-6(2)7-4-8-5-9(7)3;1-6(2)7-4-8-9(3)5-7;1-6(2)7-4-5-8-9(7)3;1-5(2)7-4-8-6(3)9-7;1-5(2)6-3-4-7-8-6/h3*5-6H,1-4H3;2*3-7H,1-2H3;3*4-6H,1-3H3;4-5H,1-3H3,(H,8,9);3-5H,1-2H3,(H,7,8). The van der Waals surface area contributed by atoms with E-state index in [4.69, 9.17) is 0 Å². The van der Waals surface area contributed by atoms with Gasteiger partial charge in [-0.15, -0.1) is 0 Å². The Balaban J connectivity index is 0.000000511. The molecule has 0 saturated carbocycles. The number of nitrogens with zero attached hydrogens (tertiary/aromatic N) is 16. The zero-order chi connectivity index (χ0) is 69.9. The van der Waals surface area contributed by atoms with Crippen LogP contribution >= 0.6 is 0 Å². The van der Waals surface area contributed by atoms with E-state index in [2.05, 4.69) is 236 Å². The predicted octanol–water partition coefficient (Wildman–Crippen LogP) is 18.0. The van der Waals surface area contributed by atoms with Crippen molar-refractivity contribution in [2.24, 2.45) is 42.3 Å². The maximum atomic E-state index is 4.25. The third-order valence-corrected chi connectivity index (χ3v) is 14.7. The van der Waals surface area contributed by atoms with E-state index in [0.29, 0.717) is 59.2 Å². The highest BCUT2D eigenvalue weighted by molar-refractivity contribution is 5.19. The van der Waals surface area contributed by atoms with Crippen LogP contribution in [0.25, 0.3) is 0 Å². The highest BCUT2D eigenvalue weighted by atomic mass is 15.3. The molecule has 0 fully saturated rings. The smallest absolute Gasteiger partial charge is 0.105 e. The Morgan fingerprint density at radius 1 is 0.402 bits per heavy atom. The molecule has 0 spiro atoms. The summed E-state index contributed by atoms with van der Waals surface area (Å²) in [5.41, 5.74) is 15.2. The third-order valence-electron chi connectivity index (χ3n) is 14.7. The average Bonchev–Trinajstić information content (AvgIpc) is 2.71. The number of hydrogen-bond donors (Lipinski definition) is 2. The number of aryl methyl sites for hydroxylation is 9. The predicted molar refractivity (Wildman–Crippen MR) is 385 cm³/mol. The largest absolute Gasteiger partial charge is 0.346 e. The first-order valence-electron chi connectivity index (χ1n) is 32.8. The lowest BCUT2D eigenvalue weighted by atomic mass is 10.1. The Morgan fingerprint density at radius 3 is 1.23 bits per heavy atom. The summed E-state index contributed by atoms with van der Waals surface area (Å²) in [6.45, 7) is 51.3. The van der Waals surface area contributed by atoms with Crippen molar-refractivity contribution >= 4 is 0 Å². The van der Waals surface area contributed by atoms with Gasteiger partial charge >= 0.3 is 0 Å². The van der Waals surface area contributed by atoms with Gasteiger partial charge in [-0.3, -0.25) is 33.8 Å². The van der Waals surface area contributed by atoms with Gasteiger partial charge in [-0.05, 0) is 146 Å². The molecule has 18 nitrogen and oxygen atoms in total. The molecule has 0 unspecified atom stereocenters. The SMILES string of the molecule is CC(C)c1cccnc1.CC(C)c1ccn[nH]1.CC(C)c1ccncc1.CC(C)c1ccnn1C.CC(C)c1cncn1C.CC(C)c1cnn(C)c1.Cc1cc(C(C)C)n(C)n1.Cc1ncc(C(C)C)[nH]1.Cc1ncc(C(C)C)n1C.Cc1nn(C)cc1C(C)C. The molecule has 18 heteroatoms. The number of rotatable bonds is 10. The van der Waals surface area contributed by atoms with Crippen molar-refractivity contribution < 1.29 is 0 Å². The van der Waals surface area contributed by atoms with E-state index in [-0.39, 0.29) is 0 Å². The first-order valence-corrected chi connectivity index (χ1v) is 32.8. The van der Waals surface area contributed by atoms with Gasteiger partial charge in [0.15, 0.2) is 0 Å². The zero-order valence-electron chi connectivity index (χ0n) is 62.5. The first-order chi connectivity index (χ1) is 43.1. The number of imidazole rings is 3. The summed E-state index contributed by atoms with van der Waals surface area (Å²) in [7, 11) is 11.9.